The van der Waals surface area contributed by atoms with Crippen LogP contribution in [0.5, 0.6) is 0 Å². The number of benzene rings is 1. The highest BCUT2D eigenvalue weighted by atomic mass is 16.1. The van der Waals surface area contributed by atoms with Gasteiger partial charge >= 0.3 is 0 Å². The molecule has 0 saturated heterocycles. The second kappa shape index (κ2) is 6.23. The lowest BCUT2D eigenvalue weighted by Crippen LogP contribution is -2.23. The van der Waals surface area contributed by atoms with Gasteiger partial charge in [0.1, 0.15) is 0 Å². The Morgan fingerprint density at radius 3 is 3.17 bits per heavy atom. The molecule has 1 aliphatic heterocycles. The van der Waals surface area contributed by atoms with Crippen molar-refractivity contribution in [1.82, 2.24) is 10.6 Å². The van der Waals surface area contributed by atoms with Crippen molar-refractivity contribution in [3.8, 4) is 11.8 Å². The minimum absolute atomic E-state index is 0.00310. The van der Waals surface area contributed by atoms with Crippen LogP contribution < -0.4 is 10.6 Å². The maximum atomic E-state index is 10.7. The summed E-state index contributed by atoms with van der Waals surface area (Å²) < 4.78 is 0. The molecule has 0 aliphatic carbocycles. The fourth-order valence-electron chi connectivity index (χ4n) is 2.02. The van der Waals surface area contributed by atoms with Crippen molar-refractivity contribution in [2.45, 2.75) is 26.3 Å². The Labute approximate surface area is 108 Å². The molecule has 1 heterocycles. The summed E-state index contributed by atoms with van der Waals surface area (Å²) in [5.41, 5.74) is 3.84. The average Bonchev–Trinajstić information content (AvgIpc) is 2.38. The van der Waals surface area contributed by atoms with E-state index in [1.807, 2.05) is 0 Å². The molecule has 3 heteroatoms. The van der Waals surface area contributed by atoms with Crippen molar-refractivity contribution in [2.24, 2.45) is 0 Å². The molecule has 0 bridgehead atoms. The molecule has 2 rings (SSSR count). The van der Waals surface area contributed by atoms with Gasteiger partial charge < -0.3 is 10.6 Å². The monoisotopic (exact) mass is 242 g/mol. The predicted octanol–water partition coefficient (Wildman–Crippen LogP) is 1.21. The van der Waals surface area contributed by atoms with Crippen LogP contribution in [-0.2, 0) is 17.8 Å². The van der Waals surface area contributed by atoms with Crippen LogP contribution in [0.2, 0.25) is 0 Å². The van der Waals surface area contributed by atoms with E-state index in [4.69, 9.17) is 0 Å². The number of hydrogen-bond donors (Lipinski definition) is 2. The molecule has 1 amide bonds. The van der Waals surface area contributed by atoms with Crippen LogP contribution in [-0.4, -0.2) is 19.0 Å². The molecule has 1 aliphatic rings. The Balaban J connectivity index is 1.93. The van der Waals surface area contributed by atoms with Gasteiger partial charge in [-0.25, -0.2) is 0 Å². The van der Waals surface area contributed by atoms with E-state index in [0.29, 0.717) is 13.0 Å². The number of fused-ring (bicyclic) bond motifs is 1. The van der Waals surface area contributed by atoms with E-state index in [-0.39, 0.29) is 5.91 Å². The number of hydrogen-bond acceptors (Lipinski definition) is 2. The topological polar surface area (TPSA) is 41.1 Å². The lowest BCUT2D eigenvalue weighted by Gasteiger charge is -2.16. The summed E-state index contributed by atoms with van der Waals surface area (Å²) in [6.45, 7) is 4.14. The minimum atomic E-state index is -0.00310. The highest BCUT2D eigenvalue weighted by Crippen LogP contribution is 2.15. The normalized spacial score (nSPS) is 13.2. The largest absolute Gasteiger partial charge is 0.355 e. The fourth-order valence-corrected chi connectivity index (χ4v) is 2.02. The zero-order chi connectivity index (χ0) is 12.8. The van der Waals surface area contributed by atoms with Crippen LogP contribution in [0.15, 0.2) is 18.2 Å². The Morgan fingerprint density at radius 2 is 2.33 bits per heavy atom. The third-order valence-electron chi connectivity index (χ3n) is 2.95. The van der Waals surface area contributed by atoms with Gasteiger partial charge in [0, 0.05) is 32.0 Å². The molecular weight excluding hydrogens is 224 g/mol. The first-order valence-electron chi connectivity index (χ1n) is 6.31. The molecule has 94 valence electrons. The second-order valence-corrected chi connectivity index (χ2v) is 4.45. The highest BCUT2D eigenvalue weighted by Gasteiger charge is 2.07. The van der Waals surface area contributed by atoms with E-state index >= 15 is 0 Å². The van der Waals surface area contributed by atoms with Gasteiger partial charge in [-0.1, -0.05) is 17.9 Å². The van der Waals surface area contributed by atoms with Gasteiger partial charge in [-0.3, -0.25) is 4.79 Å². The van der Waals surface area contributed by atoms with Crippen LogP contribution in [0.4, 0.5) is 0 Å². The van der Waals surface area contributed by atoms with Gasteiger partial charge in [0.2, 0.25) is 5.91 Å². The second-order valence-electron chi connectivity index (χ2n) is 4.45. The smallest absolute Gasteiger partial charge is 0.216 e. The summed E-state index contributed by atoms with van der Waals surface area (Å²) >= 11 is 0. The van der Waals surface area contributed by atoms with Crippen LogP contribution >= 0.6 is 0 Å². The van der Waals surface area contributed by atoms with Crippen molar-refractivity contribution in [3.05, 3.63) is 34.9 Å². The van der Waals surface area contributed by atoms with Crippen LogP contribution in [0.3, 0.4) is 0 Å². The van der Waals surface area contributed by atoms with Crippen molar-refractivity contribution in [2.75, 3.05) is 13.1 Å². The first-order valence-corrected chi connectivity index (χ1v) is 6.31. The predicted molar refractivity (Wildman–Crippen MR) is 72.0 cm³/mol. The summed E-state index contributed by atoms with van der Waals surface area (Å²) in [4.78, 5) is 10.7. The maximum absolute atomic E-state index is 10.7. The van der Waals surface area contributed by atoms with E-state index < -0.39 is 0 Å². The number of rotatable bonds is 2. The Bertz CT molecular complexity index is 497. The molecule has 18 heavy (non-hydrogen) atoms. The molecule has 0 unspecified atom stereocenters. The van der Waals surface area contributed by atoms with Crippen LogP contribution in [0.25, 0.3) is 0 Å². The molecule has 0 radical (unpaired) electrons. The number of amides is 1. The highest BCUT2D eigenvalue weighted by molar-refractivity contribution is 5.72. The summed E-state index contributed by atoms with van der Waals surface area (Å²) in [5, 5.41) is 6.09. The SMILES string of the molecule is CC(=O)NCCC#Cc1ccc2c(c1)CNCC2. The maximum Gasteiger partial charge on any atom is 0.216 e. The van der Waals surface area contributed by atoms with E-state index in [2.05, 4.69) is 40.7 Å². The zero-order valence-corrected chi connectivity index (χ0v) is 10.7. The zero-order valence-electron chi connectivity index (χ0n) is 10.7. The molecule has 0 spiro atoms. The van der Waals surface area contributed by atoms with Crippen LogP contribution in [0, 0.1) is 11.8 Å². The molecule has 0 atom stereocenters. The molecule has 2 N–H and O–H groups in total. The Morgan fingerprint density at radius 1 is 1.44 bits per heavy atom. The van der Waals surface area contributed by atoms with Crippen molar-refractivity contribution < 1.29 is 4.79 Å². The lowest BCUT2D eigenvalue weighted by atomic mass is 9.99. The molecular formula is C15H18N2O. The summed E-state index contributed by atoms with van der Waals surface area (Å²) in [6.07, 6.45) is 1.79. The van der Waals surface area contributed by atoms with Gasteiger partial charge in [0.25, 0.3) is 0 Å². The molecule has 1 aromatic rings. The van der Waals surface area contributed by atoms with Crippen LogP contribution in [0.1, 0.15) is 30.0 Å². The van der Waals surface area contributed by atoms with Gasteiger partial charge in [0.05, 0.1) is 0 Å². The van der Waals surface area contributed by atoms with E-state index in [1.165, 1.54) is 18.1 Å². The van der Waals surface area contributed by atoms with Gasteiger partial charge in [-0.15, -0.1) is 0 Å². The van der Waals surface area contributed by atoms with E-state index in [0.717, 1.165) is 25.1 Å². The minimum Gasteiger partial charge on any atom is -0.355 e. The first-order chi connectivity index (χ1) is 8.75. The number of carbonyl (C=O) groups is 1. The summed E-state index contributed by atoms with van der Waals surface area (Å²) in [5.74, 6) is 6.22. The van der Waals surface area contributed by atoms with Crippen molar-refractivity contribution in [1.29, 1.82) is 0 Å². The molecule has 0 aromatic heterocycles. The fraction of sp³-hybridized carbons (Fsp3) is 0.400. The average molecular weight is 242 g/mol. The standard InChI is InChI=1S/C15H18N2O/c1-12(18)17-8-3-2-4-13-5-6-14-7-9-16-11-15(14)10-13/h5-6,10,16H,3,7-9,11H2,1H3,(H,17,18). The van der Waals surface area contributed by atoms with E-state index in [9.17, 15) is 4.79 Å². The summed E-state index contributed by atoms with van der Waals surface area (Å²) in [6, 6.07) is 6.41. The third kappa shape index (κ3) is 3.61. The quantitative estimate of drug-likeness (QED) is 0.604. The lowest BCUT2D eigenvalue weighted by molar-refractivity contribution is -0.118. The first kappa shape index (κ1) is 12.7. The molecule has 0 fully saturated rings. The summed E-state index contributed by atoms with van der Waals surface area (Å²) in [7, 11) is 0. The van der Waals surface area contributed by atoms with Gasteiger partial charge in [-0.2, -0.15) is 0 Å². The number of nitrogens with one attached hydrogen (secondary N) is 2. The molecule has 3 nitrogen and oxygen atoms in total. The van der Waals surface area contributed by atoms with Gasteiger partial charge in [-0.05, 0) is 36.2 Å². The van der Waals surface area contributed by atoms with Crippen molar-refractivity contribution >= 4 is 5.91 Å². The Kier molecular flexibility index (Phi) is 4.38. The Hall–Kier alpha value is -1.79. The van der Waals surface area contributed by atoms with Crippen molar-refractivity contribution in [3.63, 3.8) is 0 Å². The third-order valence-corrected chi connectivity index (χ3v) is 2.95. The van der Waals surface area contributed by atoms with E-state index in [1.54, 1.807) is 0 Å². The number of carbonyl (C=O) groups excluding carboxylic acids is 1. The van der Waals surface area contributed by atoms with Gasteiger partial charge in [0.15, 0.2) is 0 Å². The molecule has 1 aromatic carbocycles. The molecule has 0 saturated carbocycles.